The van der Waals surface area contributed by atoms with E-state index in [4.69, 9.17) is 16.3 Å². The summed E-state index contributed by atoms with van der Waals surface area (Å²) in [6.07, 6.45) is 3.07. The molecule has 3 rings (SSSR count). The summed E-state index contributed by atoms with van der Waals surface area (Å²) < 4.78 is 5.42. The molecule has 2 N–H and O–H groups in total. The van der Waals surface area contributed by atoms with Crippen molar-refractivity contribution in [1.82, 2.24) is 10.9 Å². The molecule has 0 saturated carbocycles. The third-order valence-corrected chi connectivity index (χ3v) is 4.29. The van der Waals surface area contributed by atoms with E-state index >= 15 is 0 Å². The molecule has 28 heavy (non-hydrogen) atoms. The third kappa shape index (κ3) is 5.11. The number of carbonyl (C=O) groups excluding carboxylic acids is 2. The van der Waals surface area contributed by atoms with Crippen LogP contribution < -0.4 is 15.6 Å². The molecule has 6 heteroatoms. The van der Waals surface area contributed by atoms with Crippen molar-refractivity contribution in [3.05, 3.63) is 82.9 Å². The maximum absolute atomic E-state index is 12.0. The van der Waals surface area contributed by atoms with E-state index in [9.17, 15) is 9.59 Å². The van der Waals surface area contributed by atoms with Gasteiger partial charge in [-0.2, -0.15) is 0 Å². The molecule has 0 aliphatic heterocycles. The first kappa shape index (κ1) is 19.5. The van der Waals surface area contributed by atoms with Gasteiger partial charge in [0, 0.05) is 11.1 Å². The van der Waals surface area contributed by atoms with Gasteiger partial charge in [0.25, 0.3) is 11.8 Å². The highest BCUT2D eigenvalue weighted by molar-refractivity contribution is 6.30. The Morgan fingerprint density at radius 3 is 2.64 bits per heavy atom. The quantitative estimate of drug-likeness (QED) is 0.507. The lowest BCUT2D eigenvalue weighted by Crippen LogP contribution is -2.43. The molecular formula is C22H19ClN2O3. The number of fused-ring (bicyclic) bond motifs is 1. The normalized spacial score (nSPS) is 10.8. The molecule has 0 aliphatic rings. The van der Waals surface area contributed by atoms with Crippen LogP contribution in [0.5, 0.6) is 5.75 Å². The molecule has 0 aliphatic carbocycles. The van der Waals surface area contributed by atoms with Gasteiger partial charge in [0.15, 0.2) is 6.61 Å². The summed E-state index contributed by atoms with van der Waals surface area (Å²) >= 11 is 5.88. The smallest absolute Gasteiger partial charge is 0.276 e. The summed E-state index contributed by atoms with van der Waals surface area (Å²) in [4.78, 5) is 23.8. The van der Waals surface area contributed by atoms with Gasteiger partial charge in [0.2, 0.25) is 0 Å². The number of halogens is 1. The zero-order valence-electron chi connectivity index (χ0n) is 15.2. The maximum atomic E-state index is 12.0. The molecule has 0 bridgehead atoms. The van der Waals surface area contributed by atoms with Crippen LogP contribution in [0.1, 0.15) is 11.1 Å². The number of hydrazine groups is 1. The Kier molecular flexibility index (Phi) is 6.29. The molecule has 0 atom stereocenters. The molecule has 0 fully saturated rings. The van der Waals surface area contributed by atoms with Crippen LogP contribution in [0.2, 0.25) is 5.02 Å². The monoisotopic (exact) mass is 394 g/mol. The standard InChI is InChI=1S/C22H19ClN2O3/c1-15-13-18(23)10-11-20(15)28-14-22(27)25-24-21(26)12-9-17-7-4-6-16-5-2-3-8-19(16)17/h2-13H,14H2,1H3,(H,24,26)(H,25,27)/b12-9+. The Hall–Kier alpha value is -3.31. The Morgan fingerprint density at radius 2 is 1.82 bits per heavy atom. The molecule has 2 amide bonds. The lowest BCUT2D eigenvalue weighted by molar-refractivity contribution is -0.128. The minimum absolute atomic E-state index is 0.226. The Balaban J connectivity index is 1.51. The summed E-state index contributed by atoms with van der Waals surface area (Å²) in [7, 11) is 0. The molecule has 3 aromatic rings. The maximum Gasteiger partial charge on any atom is 0.276 e. The van der Waals surface area contributed by atoms with E-state index in [2.05, 4.69) is 10.9 Å². The fraction of sp³-hybridized carbons (Fsp3) is 0.0909. The highest BCUT2D eigenvalue weighted by Gasteiger charge is 2.06. The topological polar surface area (TPSA) is 67.4 Å². The van der Waals surface area contributed by atoms with E-state index in [-0.39, 0.29) is 6.61 Å². The molecule has 0 unspecified atom stereocenters. The van der Waals surface area contributed by atoms with Crippen molar-refractivity contribution >= 4 is 40.3 Å². The van der Waals surface area contributed by atoms with Gasteiger partial charge in [-0.25, -0.2) is 0 Å². The van der Waals surface area contributed by atoms with Crippen molar-refractivity contribution in [2.24, 2.45) is 0 Å². The van der Waals surface area contributed by atoms with Crippen molar-refractivity contribution in [1.29, 1.82) is 0 Å². The number of rotatable bonds is 5. The van der Waals surface area contributed by atoms with Gasteiger partial charge in [-0.05, 0) is 53.1 Å². The van der Waals surface area contributed by atoms with Gasteiger partial charge in [-0.3, -0.25) is 20.4 Å². The van der Waals surface area contributed by atoms with Gasteiger partial charge in [0.05, 0.1) is 0 Å². The second-order valence-electron chi connectivity index (χ2n) is 6.14. The van der Waals surface area contributed by atoms with E-state index in [0.29, 0.717) is 10.8 Å². The van der Waals surface area contributed by atoms with Crippen LogP contribution in [0.3, 0.4) is 0 Å². The second kappa shape index (κ2) is 9.06. The zero-order chi connectivity index (χ0) is 19.9. The summed E-state index contributed by atoms with van der Waals surface area (Å²) in [5.41, 5.74) is 6.39. The Bertz CT molecular complexity index is 1040. The minimum Gasteiger partial charge on any atom is -0.483 e. The fourth-order valence-electron chi connectivity index (χ4n) is 2.69. The first-order valence-corrected chi connectivity index (χ1v) is 9.04. The van der Waals surface area contributed by atoms with Gasteiger partial charge < -0.3 is 4.74 Å². The molecule has 0 heterocycles. The number of amides is 2. The lowest BCUT2D eigenvalue weighted by Gasteiger charge is -2.10. The van der Waals surface area contributed by atoms with Gasteiger partial charge in [-0.15, -0.1) is 0 Å². The van der Waals surface area contributed by atoms with Crippen molar-refractivity contribution in [3.8, 4) is 5.75 Å². The highest BCUT2D eigenvalue weighted by atomic mass is 35.5. The molecular weight excluding hydrogens is 376 g/mol. The van der Waals surface area contributed by atoms with Crippen LogP contribution in [0.15, 0.2) is 66.7 Å². The minimum atomic E-state index is -0.471. The summed E-state index contributed by atoms with van der Waals surface area (Å²) in [5.74, 6) is -0.355. The van der Waals surface area contributed by atoms with E-state index in [1.54, 1.807) is 24.3 Å². The first-order chi connectivity index (χ1) is 13.5. The Labute approximate surface area is 167 Å². The van der Waals surface area contributed by atoms with Gasteiger partial charge in [-0.1, -0.05) is 54.1 Å². The molecule has 0 aromatic heterocycles. The number of aryl methyl sites for hydroxylation is 1. The number of nitrogens with one attached hydrogen (secondary N) is 2. The Morgan fingerprint density at radius 1 is 1.04 bits per heavy atom. The zero-order valence-corrected chi connectivity index (χ0v) is 16.0. The summed E-state index contributed by atoms with van der Waals surface area (Å²) in [6, 6.07) is 18.9. The summed E-state index contributed by atoms with van der Waals surface area (Å²) in [5, 5.41) is 2.73. The molecule has 3 aromatic carbocycles. The molecule has 142 valence electrons. The van der Waals surface area contributed by atoms with Gasteiger partial charge >= 0.3 is 0 Å². The van der Waals surface area contributed by atoms with E-state index < -0.39 is 11.8 Å². The fourth-order valence-corrected chi connectivity index (χ4v) is 2.92. The summed E-state index contributed by atoms with van der Waals surface area (Å²) in [6.45, 7) is 1.61. The SMILES string of the molecule is Cc1cc(Cl)ccc1OCC(=O)NNC(=O)/C=C/c1cccc2ccccc12. The van der Waals surface area contributed by atoms with Crippen molar-refractivity contribution in [2.75, 3.05) is 6.61 Å². The molecule has 0 saturated heterocycles. The molecule has 5 nitrogen and oxygen atoms in total. The first-order valence-electron chi connectivity index (χ1n) is 8.66. The number of hydrogen-bond donors (Lipinski definition) is 2. The van der Waals surface area contributed by atoms with E-state index in [1.165, 1.54) is 6.08 Å². The number of carbonyl (C=O) groups is 2. The highest BCUT2D eigenvalue weighted by Crippen LogP contribution is 2.21. The van der Waals surface area contributed by atoms with Crippen LogP contribution >= 0.6 is 11.6 Å². The van der Waals surface area contributed by atoms with Crippen molar-refractivity contribution in [2.45, 2.75) is 6.92 Å². The largest absolute Gasteiger partial charge is 0.483 e. The van der Waals surface area contributed by atoms with Crippen LogP contribution in [0.25, 0.3) is 16.8 Å². The number of hydrogen-bond acceptors (Lipinski definition) is 3. The van der Waals surface area contributed by atoms with Crippen LogP contribution in [0.4, 0.5) is 0 Å². The average molecular weight is 395 g/mol. The number of ether oxygens (including phenoxy) is 1. The lowest BCUT2D eigenvalue weighted by atomic mass is 10.0. The van der Waals surface area contributed by atoms with Crippen LogP contribution in [0, 0.1) is 6.92 Å². The molecule has 0 radical (unpaired) electrons. The van der Waals surface area contributed by atoms with Crippen LogP contribution in [-0.2, 0) is 9.59 Å². The molecule has 0 spiro atoms. The average Bonchev–Trinajstić information content (AvgIpc) is 2.70. The van der Waals surface area contributed by atoms with E-state index in [1.807, 2.05) is 49.4 Å². The second-order valence-corrected chi connectivity index (χ2v) is 6.57. The van der Waals surface area contributed by atoms with Crippen molar-refractivity contribution in [3.63, 3.8) is 0 Å². The van der Waals surface area contributed by atoms with E-state index in [0.717, 1.165) is 21.9 Å². The third-order valence-electron chi connectivity index (χ3n) is 4.06. The van der Waals surface area contributed by atoms with Gasteiger partial charge in [0.1, 0.15) is 5.75 Å². The van der Waals surface area contributed by atoms with Crippen molar-refractivity contribution < 1.29 is 14.3 Å². The van der Waals surface area contributed by atoms with Crippen LogP contribution in [-0.4, -0.2) is 18.4 Å². The predicted octanol–water partition coefficient (Wildman–Crippen LogP) is 4.04. The predicted molar refractivity (Wildman–Crippen MR) is 111 cm³/mol. The number of benzene rings is 3.